The number of ether oxygens (including phenoxy) is 1. The van der Waals surface area contributed by atoms with Crippen LogP contribution in [0.15, 0.2) is 42.0 Å². The molecule has 2 unspecified atom stereocenters. The Morgan fingerprint density at radius 3 is 2.50 bits per heavy atom. The molecular formula is C20H26ClNO2. The van der Waals surface area contributed by atoms with Crippen LogP contribution in [0.4, 0.5) is 0 Å². The number of rotatable bonds is 6. The molecule has 0 aliphatic heterocycles. The lowest BCUT2D eigenvalue weighted by atomic mass is 9.76. The highest BCUT2D eigenvalue weighted by atomic mass is 35.5. The van der Waals surface area contributed by atoms with Gasteiger partial charge in [-0.15, -0.1) is 0 Å². The van der Waals surface area contributed by atoms with Gasteiger partial charge in [-0.2, -0.15) is 0 Å². The van der Waals surface area contributed by atoms with Crippen LogP contribution >= 0.6 is 11.6 Å². The molecular weight excluding hydrogens is 322 g/mol. The fraction of sp³-hybridized carbons (Fsp3) is 0.450. The first-order valence-corrected chi connectivity index (χ1v) is 8.76. The van der Waals surface area contributed by atoms with E-state index < -0.39 is 0 Å². The Kier molecular flexibility index (Phi) is 6.64. The summed E-state index contributed by atoms with van der Waals surface area (Å²) in [6.07, 6.45) is 3.98. The number of methoxy groups -OCH3 is 1. The largest absolute Gasteiger partial charge is 0.384 e. The molecule has 0 saturated carbocycles. The van der Waals surface area contributed by atoms with Gasteiger partial charge < -0.3 is 10.1 Å². The van der Waals surface area contributed by atoms with E-state index in [-0.39, 0.29) is 17.7 Å². The van der Waals surface area contributed by atoms with Gasteiger partial charge in [0.05, 0.1) is 6.61 Å². The van der Waals surface area contributed by atoms with E-state index in [0.717, 1.165) is 16.2 Å². The molecule has 1 aliphatic carbocycles. The van der Waals surface area contributed by atoms with Crippen molar-refractivity contribution in [2.45, 2.75) is 20.8 Å². The van der Waals surface area contributed by atoms with Crippen LogP contribution in [0.2, 0.25) is 5.02 Å². The lowest BCUT2D eigenvalue weighted by molar-refractivity contribution is -0.118. The number of carbonyl (C=O) groups is 1. The third-order valence-corrected chi connectivity index (χ3v) is 4.64. The maximum atomic E-state index is 12.5. The van der Waals surface area contributed by atoms with E-state index in [4.69, 9.17) is 16.3 Å². The minimum Gasteiger partial charge on any atom is -0.384 e. The first-order valence-electron chi connectivity index (χ1n) is 8.38. The Hall–Kier alpha value is -1.58. The number of allylic oxidation sites excluding steroid dienone is 2. The van der Waals surface area contributed by atoms with Gasteiger partial charge in [-0.25, -0.2) is 0 Å². The normalized spacial score (nSPS) is 20.6. The first-order chi connectivity index (χ1) is 11.4. The third kappa shape index (κ3) is 4.49. The average molecular weight is 348 g/mol. The molecule has 1 amide bonds. The van der Waals surface area contributed by atoms with Gasteiger partial charge in [0, 0.05) is 30.2 Å². The van der Waals surface area contributed by atoms with Crippen molar-refractivity contribution >= 4 is 23.1 Å². The van der Waals surface area contributed by atoms with Crippen LogP contribution < -0.4 is 5.32 Å². The van der Waals surface area contributed by atoms with Crippen molar-refractivity contribution in [3.8, 4) is 0 Å². The van der Waals surface area contributed by atoms with Crippen LogP contribution in [0.1, 0.15) is 26.3 Å². The fourth-order valence-electron chi connectivity index (χ4n) is 2.99. The van der Waals surface area contributed by atoms with Gasteiger partial charge in [-0.05, 0) is 35.1 Å². The molecule has 3 nitrogen and oxygen atoms in total. The Bertz CT molecular complexity index is 632. The quantitative estimate of drug-likeness (QED) is 0.831. The highest BCUT2D eigenvalue weighted by Crippen LogP contribution is 2.37. The van der Waals surface area contributed by atoms with Crippen molar-refractivity contribution in [3.63, 3.8) is 0 Å². The molecule has 0 radical (unpaired) electrons. The Morgan fingerprint density at radius 2 is 1.92 bits per heavy atom. The molecule has 0 bridgehead atoms. The zero-order valence-electron chi connectivity index (χ0n) is 14.8. The highest BCUT2D eigenvalue weighted by Gasteiger charge is 2.31. The summed E-state index contributed by atoms with van der Waals surface area (Å²) in [5, 5.41) is 3.73. The second-order valence-electron chi connectivity index (χ2n) is 6.71. The number of benzene rings is 1. The van der Waals surface area contributed by atoms with E-state index in [9.17, 15) is 4.79 Å². The van der Waals surface area contributed by atoms with Crippen molar-refractivity contribution in [1.82, 2.24) is 5.32 Å². The summed E-state index contributed by atoms with van der Waals surface area (Å²) in [5.41, 5.74) is 3.11. The van der Waals surface area contributed by atoms with Crippen molar-refractivity contribution in [1.29, 1.82) is 0 Å². The van der Waals surface area contributed by atoms with Gasteiger partial charge in [0.1, 0.15) is 0 Å². The van der Waals surface area contributed by atoms with E-state index in [2.05, 4.69) is 26.1 Å². The fourth-order valence-corrected chi connectivity index (χ4v) is 3.11. The summed E-state index contributed by atoms with van der Waals surface area (Å²) in [5.74, 6) is 0.681. The van der Waals surface area contributed by atoms with Crippen LogP contribution in [0.25, 0.3) is 5.57 Å². The van der Waals surface area contributed by atoms with Crippen LogP contribution in [-0.2, 0) is 9.53 Å². The van der Waals surface area contributed by atoms with E-state index in [1.165, 1.54) is 5.57 Å². The molecule has 24 heavy (non-hydrogen) atoms. The molecule has 0 fully saturated rings. The third-order valence-electron chi connectivity index (χ3n) is 4.39. The number of nitrogens with one attached hydrogen (secondary N) is 1. The molecule has 2 atom stereocenters. The Labute approximate surface area is 149 Å². The standard InChI is InChI=1S/C20H26ClNO2/c1-13(2)11-22-20(23)17-9-10-18(19(12-24-4)14(17)3)15-5-7-16(21)8-6-15/h5-10,13-14,19H,11-12H2,1-4H3,(H,22,23). The predicted octanol–water partition coefficient (Wildman–Crippen LogP) is 4.33. The topological polar surface area (TPSA) is 38.3 Å². The van der Waals surface area contributed by atoms with Gasteiger partial charge in [-0.3, -0.25) is 4.79 Å². The minimum absolute atomic E-state index is 0.0173. The van der Waals surface area contributed by atoms with Gasteiger partial charge in [0.2, 0.25) is 5.91 Å². The van der Waals surface area contributed by atoms with Crippen molar-refractivity contribution in [3.05, 3.63) is 52.6 Å². The monoisotopic (exact) mass is 347 g/mol. The molecule has 0 heterocycles. The number of hydrogen-bond acceptors (Lipinski definition) is 2. The predicted molar refractivity (Wildman–Crippen MR) is 99.9 cm³/mol. The van der Waals surface area contributed by atoms with Crippen LogP contribution in [0, 0.1) is 17.8 Å². The van der Waals surface area contributed by atoms with Crippen molar-refractivity contribution < 1.29 is 9.53 Å². The van der Waals surface area contributed by atoms with Gasteiger partial charge >= 0.3 is 0 Å². The Morgan fingerprint density at radius 1 is 1.25 bits per heavy atom. The lowest BCUT2D eigenvalue weighted by Crippen LogP contribution is -2.34. The second-order valence-corrected chi connectivity index (χ2v) is 7.14. The molecule has 0 spiro atoms. The minimum atomic E-state index is 0.0173. The van der Waals surface area contributed by atoms with Crippen LogP contribution in [-0.4, -0.2) is 26.2 Å². The average Bonchev–Trinajstić information content (AvgIpc) is 2.55. The van der Waals surface area contributed by atoms with Crippen LogP contribution in [0.5, 0.6) is 0 Å². The summed E-state index contributed by atoms with van der Waals surface area (Å²) in [4.78, 5) is 12.5. The van der Waals surface area contributed by atoms with Crippen LogP contribution in [0.3, 0.4) is 0 Å². The molecule has 130 valence electrons. The second kappa shape index (κ2) is 8.50. The molecule has 1 aliphatic rings. The number of hydrogen-bond donors (Lipinski definition) is 1. The summed E-state index contributed by atoms with van der Waals surface area (Å²) in [7, 11) is 1.70. The van der Waals surface area contributed by atoms with E-state index in [0.29, 0.717) is 19.1 Å². The van der Waals surface area contributed by atoms with Gasteiger partial charge in [0.25, 0.3) is 0 Å². The number of halogens is 1. The SMILES string of the molecule is COCC1C(c2ccc(Cl)cc2)=CC=C(C(=O)NCC(C)C)C1C. The summed E-state index contributed by atoms with van der Waals surface area (Å²) in [6.45, 7) is 7.53. The summed E-state index contributed by atoms with van der Waals surface area (Å²) >= 11 is 5.99. The molecule has 1 aromatic rings. The van der Waals surface area contributed by atoms with Gasteiger partial charge in [-0.1, -0.05) is 56.7 Å². The Balaban J connectivity index is 2.29. The molecule has 0 saturated heterocycles. The van der Waals surface area contributed by atoms with Crippen molar-refractivity contribution in [2.24, 2.45) is 17.8 Å². The smallest absolute Gasteiger partial charge is 0.247 e. The summed E-state index contributed by atoms with van der Waals surface area (Å²) < 4.78 is 5.43. The first kappa shape index (κ1) is 18.8. The zero-order valence-corrected chi connectivity index (χ0v) is 15.6. The van der Waals surface area contributed by atoms with Crippen molar-refractivity contribution in [2.75, 3.05) is 20.3 Å². The highest BCUT2D eigenvalue weighted by molar-refractivity contribution is 6.30. The van der Waals surface area contributed by atoms with Gasteiger partial charge in [0.15, 0.2) is 0 Å². The molecule has 1 N–H and O–H groups in total. The molecule has 0 aromatic heterocycles. The number of amides is 1. The molecule has 4 heteroatoms. The van der Waals surface area contributed by atoms with E-state index >= 15 is 0 Å². The van der Waals surface area contributed by atoms with E-state index in [1.807, 2.05) is 36.4 Å². The maximum absolute atomic E-state index is 12.5. The zero-order chi connectivity index (χ0) is 17.7. The molecule has 1 aromatic carbocycles. The summed E-state index contributed by atoms with van der Waals surface area (Å²) in [6, 6.07) is 7.81. The lowest BCUT2D eigenvalue weighted by Gasteiger charge is -2.31. The maximum Gasteiger partial charge on any atom is 0.247 e. The van der Waals surface area contributed by atoms with E-state index in [1.54, 1.807) is 7.11 Å². The number of carbonyl (C=O) groups excluding carboxylic acids is 1. The molecule has 2 rings (SSSR count).